The number of benzene rings is 1. The van der Waals surface area contributed by atoms with E-state index in [0.717, 1.165) is 0 Å². The first-order valence-electron chi connectivity index (χ1n) is 2.61. The van der Waals surface area contributed by atoms with Crippen LogP contribution in [0, 0.1) is 0 Å². The Balaban J connectivity index is 0.000000180. The summed E-state index contributed by atoms with van der Waals surface area (Å²) >= 11 is 0.00926. The van der Waals surface area contributed by atoms with Crippen LogP contribution in [-0.4, -0.2) is 4.21 Å². The Morgan fingerprint density at radius 2 is 1.20 bits per heavy atom. The Kier molecular flexibility index (Phi) is 7.20. The summed E-state index contributed by atoms with van der Waals surface area (Å²) in [5.74, 6) is 4.30. The molecular formula is C6H8N2OS. The molecule has 3 nitrogen and oxygen atoms in total. The summed E-state index contributed by atoms with van der Waals surface area (Å²) in [5.41, 5.74) is 0. The first kappa shape index (κ1) is 9.00. The normalized spacial score (nSPS) is 6.90. The molecule has 0 aliphatic rings. The van der Waals surface area contributed by atoms with Gasteiger partial charge >= 0.3 is 0 Å². The highest BCUT2D eigenvalue weighted by Gasteiger charge is 1.57. The molecule has 0 aliphatic carbocycles. The Bertz CT molecular complexity index is 169. The van der Waals surface area contributed by atoms with Crippen molar-refractivity contribution < 1.29 is 4.21 Å². The van der Waals surface area contributed by atoms with E-state index in [1.54, 1.807) is 0 Å². The van der Waals surface area contributed by atoms with E-state index in [-0.39, 0.29) is 11.5 Å². The Morgan fingerprint density at radius 3 is 1.30 bits per heavy atom. The molecule has 54 valence electrons. The first-order chi connectivity index (χ1) is 4.91. The number of nitrogens with zero attached hydrogens (tertiary/aromatic N) is 1. The lowest BCUT2D eigenvalue weighted by Crippen LogP contribution is -1.69. The average molecular weight is 156 g/mol. The molecule has 0 spiro atoms. The van der Waals surface area contributed by atoms with Crippen molar-refractivity contribution in [3.05, 3.63) is 36.4 Å². The van der Waals surface area contributed by atoms with Crippen molar-refractivity contribution in [2.45, 2.75) is 0 Å². The molecule has 0 atom stereocenters. The van der Waals surface area contributed by atoms with Crippen LogP contribution in [0.15, 0.2) is 40.9 Å². The van der Waals surface area contributed by atoms with Crippen LogP contribution in [0.5, 0.6) is 0 Å². The number of rotatable bonds is 0. The van der Waals surface area contributed by atoms with Gasteiger partial charge in [-0.15, -0.1) is 4.47 Å². The lowest BCUT2D eigenvalue weighted by atomic mass is 10.4. The van der Waals surface area contributed by atoms with Crippen LogP contribution in [0.25, 0.3) is 0 Å². The van der Waals surface area contributed by atoms with E-state index >= 15 is 0 Å². The molecule has 0 unspecified atom stereocenters. The predicted molar refractivity (Wildman–Crippen MR) is 41.2 cm³/mol. The molecule has 0 aliphatic heterocycles. The molecule has 1 aromatic rings. The van der Waals surface area contributed by atoms with Gasteiger partial charge in [0.25, 0.3) is 0 Å². The Labute approximate surface area is 63.1 Å². The third kappa shape index (κ3) is 7.00. The number of nitrogens with two attached hydrogens (primary N) is 1. The molecule has 10 heavy (non-hydrogen) atoms. The van der Waals surface area contributed by atoms with Gasteiger partial charge in [0.15, 0.2) is 0 Å². The summed E-state index contributed by atoms with van der Waals surface area (Å²) in [6.45, 7) is 0. The Hall–Kier alpha value is -1.00. The molecule has 1 rings (SSSR count). The molecule has 1 aromatic carbocycles. The summed E-state index contributed by atoms with van der Waals surface area (Å²) in [5, 5.41) is 0. The zero-order valence-corrected chi connectivity index (χ0v) is 6.12. The first-order valence-corrected chi connectivity index (χ1v) is 3.31. The zero-order chi connectivity index (χ0) is 7.66. The van der Waals surface area contributed by atoms with Crippen molar-refractivity contribution in [3.63, 3.8) is 0 Å². The van der Waals surface area contributed by atoms with Crippen LogP contribution < -0.4 is 5.84 Å². The van der Waals surface area contributed by atoms with Gasteiger partial charge in [-0.2, -0.15) is 4.21 Å². The van der Waals surface area contributed by atoms with Crippen LogP contribution in [0.1, 0.15) is 0 Å². The van der Waals surface area contributed by atoms with Crippen molar-refractivity contribution >= 4 is 11.5 Å². The van der Waals surface area contributed by atoms with Gasteiger partial charge < -0.3 is 0 Å². The maximum atomic E-state index is 8.92. The molecule has 2 N–H and O–H groups in total. The van der Waals surface area contributed by atoms with E-state index in [2.05, 4.69) is 10.3 Å². The largest absolute Gasteiger partial charge is 0.217 e. The smallest absolute Gasteiger partial charge is 0.213 e. The van der Waals surface area contributed by atoms with E-state index in [1.807, 2.05) is 36.4 Å². The van der Waals surface area contributed by atoms with Crippen LogP contribution in [-0.2, 0) is 11.5 Å². The van der Waals surface area contributed by atoms with Crippen molar-refractivity contribution in [3.8, 4) is 0 Å². The van der Waals surface area contributed by atoms with E-state index in [9.17, 15) is 0 Å². The summed E-state index contributed by atoms with van der Waals surface area (Å²) in [7, 11) is 0. The zero-order valence-electron chi connectivity index (χ0n) is 5.31. The summed E-state index contributed by atoms with van der Waals surface area (Å²) < 4.78 is 11.5. The van der Waals surface area contributed by atoms with Gasteiger partial charge in [0.05, 0.1) is 0 Å². The van der Waals surface area contributed by atoms with Gasteiger partial charge in [0, 0.05) is 0 Å². The monoisotopic (exact) mass is 156 g/mol. The minimum absolute atomic E-state index is 0.00926. The molecule has 0 aromatic heterocycles. The SMILES string of the molecule is NN=S=O.c1ccccc1. The van der Waals surface area contributed by atoms with Crippen molar-refractivity contribution in [2.24, 2.45) is 10.3 Å². The van der Waals surface area contributed by atoms with Gasteiger partial charge in [0.1, 0.15) is 0 Å². The quantitative estimate of drug-likeness (QED) is 0.449. The van der Waals surface area contributed by atoms with Gasteiger partial charge in [0.2, 0.25) is 11.5 Å². The molecule has 0 saturated heterocycles. The highest BCUT2D eigenvalue weighted by molar-refractivity contribution is 7.54. The van der Waals surface area contributed by atoms with Crippen LogP contribution >= 0.6 is 0 Å². The second-order valence-electron chi connectivity index (χ2n) is 1.33. The molecule has 0 fully saturated rings. The molecule has 0 bridgehead atoms. The van der Waals surface area contributed by atoms with Crippen LogP contribution in [0.2, 0.25) is 0 Å². The fourth-order valence-electron chi connectivity index (χ4n) is 0.385. The van der Waals surface area contributed by atoms with E-state index in [0.29, 0.717) is 0 Å². The van der Waals surface area contributed by atoms with Crippen LogP contribution in [0.3, 0.4) is 0 Å². The van der Waals surface area contributed by atoms with Gasteiger partial charge in [-0.25, -0.2) is 5.84 Å². The second kappa shape index (κ2) is 8.00. The predicted octanol–water partition coefficient (Wildman–Crippen LogP) is 0.943. The molecule has 0 amide bonds. The fraction of sp³-hybridized carbons (Fsp3) is 0. The summed E-state index contributed by atoms with van der Waals surface area (Å²) in [4.78, 5) is 0. The minimum Gasteiger partial charge on any atom is -0.213 e. The van der Waals surface area contributed by atoms with Crippen molar-refractivity contribution in [1.82, 2.24) is 0 Å². The summed E-state index contributed by atoms with van der Waals surface area (Å²) in [6.07, 6.45) is 0. The average Bonchev–Trinajstić information content (AvgIpc) is 2.08. The molecular weight excluding hydrogens is 148 g/mol. The van der Waals surface area contributed by atoms with E-state index in [1.165, 1.54) is 0 Å². The molecule has 0 radical (unpaired) electrons. The Morgan fingerprint density at radius 1 is 1.00 bits per heavy atom. The summed E-state index contributed by atoms with van der Waals surface area (Å²) in [6, 6.07) is 12.0. The lowest BCUT2D eigenvalue weighted by molar-refractivity contribution is 0.697. The highest BCUT2D eigenvalue weighted by atomic mass is 32.1. The van der Waals surface area contributed by atoms with E-state index in [4.69, 9.17) is 4.21 Å². The van der Waals surface area contributed by atoms with Gasteiger partial charge in [-0.1, -0.05) is 36.4 Å². The third-order valence-corrected chi connectivity index (χ3v) is 0.796. The third-order valence-electron chi connectivity index (χ3n) is 0.710. The molecule has 0 heterocycles. The van der Waals surface area contributed by atoms with Crippen molar-refractivity contribution in [2.75, 3.05) is 0 Å². The molecule has 0 saturated carbocycles. The van der Waals surface area contributed by atoms with Crippen LogP contribution in [0.4, 0.5) is 0 Å². The fourth-order valence-corrected chi connectivity index (χ4v) is 0.385. The van der Waals surface area contributed by atoms with Gasteiger partial charge in [-0.05, 0) is 0 Å². The maximum absolute atomic E-state index is 8.92. The standard InChI is InChI=1S/C6H6.H2N2OS/c1-2-4-6-5-3-1;1-2-4-3/h1-6H;1H2. The van der Waals surface area contributed by atoms with E-state index < -0.39 is 0 Å². The lowest BCUT2D eigenvalue weighted by Gasteiger charge is -1.69. The minimum atomic E-state index is 0.00926. The van der Waals surface area contributed by atoms with Gasteiger partial charge in [-0.3, -0.25) is 0 Å². The number of hydrogen-bond acceptors (Lipinski definition) is 2. The maximum Gasteiger partial charge on any atom is 0.217 e. The number of hydrogen-bond donors (Lipinski definition) is 1. The highest BCUT2D eigenvalue weighted by Crippen LogP contribution is 1.79. The topological polar surface area (TPSA) is 55.4 Å². The second-order valence-corrected chi connectivity index (χ2v) is 1.69. The molecule has 4 heteroatoms. The van der Waals surface area contributed by atoms with Crippen molar-refractivity contribution in [1.29, 1.82) is 0 Å².